The maximum absolute atomic E-state index is 14.2. The zero-order valence-corrected chi connectivity index (χ0v) is 18.5. The number of carbonyl (C=O) groups is 2. The van der Waals surface area contributed by atoms with Gasteiger partial charge in [0.2, 0.25) is 5.91 Å². The normalized spacial score (nSPS) is 18.3. The van der Waals surface area contributed by atoms with Crippen molar-refractivity contribution in [1.29, 1.82) is 0 Å². The van der Waals surface area contributed by atoms with Gasteiger partial charge in [0.05, 0.1) is 13.0 Å². The highest BCUT2D eigenvalue weighted by Crippen LogP contribution is 2.27. The van der Waals surface area contributed by atoms with Gasteiger partial charge in [-0.1, -0.05) is 78.9 Å². The summed E-state index contributed by atoms with van der Waals surface area (Å²) in [6, 6.07) is 25.0. The van der Waals surface area contributed by atoms with Crippen molar-refractivity contribution in [2.75, 3.05) is 13.7 Å². The summed E-state index contributed by atoms with van der Waals surface area (Å²) < 4.78 is 19.2. The summed E-state index contributed by atoms with van der Waals surface area (Å²) >= 11 is 0. The summed E-state index contributed by atoms with van der Waals surface area (Å²) in [5.41, 5.74) is 2.30. The molecule has 4 rings (SSSR count). The predicted octanol–water partition coefficient (Wildman–Crippen LogP) is 3.89. The van der Waals surface area contributed by atoms with Gasteiger partial charge in [0.1, 0.15) is 11.9 Å². The van der Waals surface area contributed by atoms with Crippen LogP contribution < -0.4 is 5.32 Å². The second-order valence-electron chi connectivity index (χ2n) is 8.26. The van der Waals surface area contributed by atoms with Gasteiger partial charge in [-0.15, -0.1) is 0 Å². The number of halogens is 1. The molecule has 0 radical (unpaired) electrons. The van der Waals surface area contributed by atoms with Gasteiger partial charge < -0.3 is 10.1 Å². The first-order valence-corrected chi connectivity index (χ1v) is 11.0. The van der Waals surface area contributed by atoms with Crippen LogP contribution in [0.4, 0.5) is 4.39 Å². The molecule has 0 aliphatic carbocycles. The predicted molar refractivity (Wildman–Crippen MR) is 124 cm³/mol. The molecule has 1 fully saturated rings. The number of benzene rings is 3. The van der Waals surface area contributed by atoms with E-state index in [4.69, 9.17) is 4.74 Å². The lowest BCUT2D eigenvalue weighted by Crippen LogP contribution is -2.40. The molecule has 1 aliphatic heterocycles. The third-order valence-corrected chi connectivity index (χ3v) is 6.08. The highest BCUT2D eigenvalue weighted by Gasteiger charge is 2.39. The molecule has 6 heteroatoms. The fraction of sp³-hybridized carbons (Fsp3) is 0.259. The van der Waals surface area contributed by atoms with Crippen molar-refractivity contribution < 1.29 is 18.7 Å². The maximum Gasteiger partial charge on any atom is 0.323 e. The van der Waals surface area contributed by atoms with E-state index >= 15 is 0 Å². The third kappa shape index (κ3) is 5.29. The van der Waals surface area contributed by atoms with Crippen molar-refractivity contribution in [3.05, 3.63) is 107 Å². The average molecular weight is 447 g/mol. The molecule has 170 valence electrons. The van der Waals surface area contributed by atoms with Crippen LogP contribution in [0.1, 0.15) is 29.0 Å². The Morgan fingerprint density at radius 3 is 2.12 bits per heavy atom. The van der Waals surface area contributed by atoms with E-state index in [1.807, 2.05) is 65.6 Å². The second-order valence-corrected chi connectivity index (χ2v) is 8.26. The van der Waals surface area contributed by atoms with Crippen LogP contribution in [0, 0.1) is 5.82 Å². The molecule has 2 atom stereocenters. The van der Waals surface area contributed by atoms with E-state index in [0.717, 1.165) is 11.1 Å². The molecule has 1 saturated heterocycles. The summed E-state index contributed by atoms with van der Waals surface area (Å²) in [5, 5.41) is 3.13. The Labute approximate surface area is 193 Å². The van der Waals surface area contributed by atoms with Gasteiger partial charge in [0.15, 0.2) is 0 Å². The quantitative estimate of drug-likeness (QED) is 0.560. The van der Waals surface area contributed by atoms with E-state index in [0.29, 0.717) is 18.5 Å². The Hall–Kier alpha value is -3.51. The minimum Gasteiger partial charge on any atom is -0.468 e. The van der Waals surface area contributed by atoms with Gasteiger partial charge in [-0.2, -0.15) is 0 Å². The molecule has 5 nitrogen and oxygen atoms in total. The molecule has 1 N–H and O–H groups in total. The highest BCUT2D eigenvalue weighted by molar-refractivity contribution is 5.87. The van der Waals surface area contributed by atoms with Gasteiger partial charge in [-0.3, -0.25) is 14.5 Å². The Bertz CT molecular complexity index is 1050. The van der Waals surface area contributed by atoms with Gasteiger partial charge in [-0.25, -0.2) is 4.39 Å². The van der Waals surface area contributed by atoms with Gasteiger partial charge >= 0.3 is 5.97 Å². The molecule has 0 bridgehead atoms. The SMILES string of the molecule is COC(=O)[C@@H]1C[C@H](NC(=O)C(c2ccccc2)c2ccccc2)CN1Cc1ccccc1F. The smallest absolute Gasteiger partial charge is 0.323 e. The van der Waals surface area contributed by atoms with Crippen molar-refractivity contribution >= 4 is 11.9 Å². The Morgan fingerprint density at radius 1 is 0.970 bits per heavy atom. The van der Waals surface area contributed by atoms with Crippen LogP contribution in [-0.4, -0.2) is 42.5 Å². The summed E-state index contributed by atoms with van der Waals surface area (Å²) in [6.45, 7) is 0.690. The summed E-state index contributed by atoms with van der Waals surface area (Å²) in [7, 11) is 1.34. The van der Waals surface area contributed by atoms with E-state index in [1.54, 1.807) is 18.2 Å². The van der Waals surface area contributed by atoms with E-state index in [-0.39, 0.29) is 30.3 Å². The molecular weight excluding hydrogens is 419 g/mol. The topological polar surface area (TPSA) is 58.6 Å². The molecule has 1 heterocycles. The molecule has 0 aromatic heterocycles. The third-order valence-electron chi connectivity index (χ3n) is 6.08. The number of likely N-dealkylation sites (tertiary alicyclic amines) is 1. The summed E-state index contributed by atoms with van der Waals surface area (Å²) in [5.74, 6) is -1.30. The lowest BCUT2D eigenvalue weighted by molar-refractivity contribution is -0.146. The van der Waals surface area contributed by atoms with E-state index < -0.39 is 12.0 Å². The van der Waals surface area contributed by atoms with E-state index in [1.165, 1.54) is 13.2 Å². The Morgan fingerprint density at radius 2 is 1.55 bits per heavy atom. The molecule has 1 aliphatic rings. The first kappa shape index (κ1) is 22.7. The molecule has 3 aromatic carbocycles. The van der Waals surface area contributed by atoms with Gasteiger partial charge in [0, 0.05) is 24.7 Å². The fourth-order valence-electron chi connectivity index (χ4n) is 4.48. The summed E-state index contributed by atoms with van der Waals surface area (Å²) in [4.78, 5) is 27.8. The van der Waals surface area contributed by atoms with Crippen LogP contribution >= 0.6 is 0 Å². The monoisotopic (exact) mass is 446 g/mol. The number of hydrogen-bond acceptors (Lipinski definition) is 4. The van der Waals surface area contributed by atoms with Crippen LogP contribution in [0.2, 0.25) is 0 Å². The fourth-order valence-corrected chi connectivity index (χ4v) is 4.48. The Kier molecular flexibility index (Phi) is 7.15. The number of carbonyl (C=O) groups excluding carboxylic acids is 2. The zero-order chi connectivity index (χ0) is 23.2. The lowest BCUT2D eigenvalue weighted by Gasteiger charge is -2.23. The number of nitrogens with zero attached hydrogens (tertiary/aromatic N) is 1. The maximum atomic E-state index is 14.2. The number of ether oxygens (including phenoxy) is 1. The van der Waals surface area contributed by atoms with Crippen molar-refractivity contribution in [2.45, 2.75) is 31.0 Å². The van der Waals surface area contributed by atoms with Crippen LogP contribution in [0.15, 0.2) is 84.9 Å². The van der Waals surface area contributed by atoms with Crippen LogP contribution in [-0.2, 0) is 20.9 Å². The largest absolute Gasteiger partial charge is 0.468 e. The highest BCUT2D eigenvalue weighted by atomic mass is 19.1. The number of nitrogens with one attached hydrogen (secondary N) is 1. The first-order chi connectivity index (χ1) is 16.1. The van der Waals surface area contributed by atoms with Crippen LogP contribution in [0.5, 0.6) is 0 Å². The molecule has 0 saturated carbocycles. The number of rotatable bonds is 7. The minimum atomic E-state index is -0.549. The molecular formula is C27H27FN2O3. The molecule has 0 spiro atoms. The van der Waals surface area contributed by atoms with Gasteiger partial charge in [0.25, 0.3) is 0 Å². The van der Waals surface area contributed by atoms with Crippen molar-refractivity contribution in [1.82, 2.24) is 10.2 Å². The number of esters is 1. The van der Waals surface area contributed by atoms with Crippen molar-refractivity contribution in [2.24, 2.45) is 0 Å². The van der Waals surface area contributed by atoms with E-state index in [9.17, 15) is 14.0 Å². The molecule has 0 unspecified atom stereocenters. The molecule has 33 heavy (non-hydrogen) atoms. The molecule has 3 aromatic rings. The molecule has 1 amide bonds. The second kappa shape index (κ2) is 10.4. The lowest BCUT2D eigenvalue weighted by atomic mass is 9.90. The van der Waals surface area contributed by atoms with Crippen LogP contribution in [0.3, 0.4) is 0 Å². The first-order valence-electron chi connectivity index (χ1n) is 11.0. The number of methoxy groups -OCH3 is 1. The average Bonchev–Trinajstić information content (AvgIpc) is 3.23. The van der Waals surface area contributed by atoms with Crippen molar-refractivity contribution in [3.63, 3.8) is 0 Å². The zero-order valence-electron chi connectivity index (χ0n) is 18.5. The summed E-state index contributed by atoms with van der Waals surface area (Å²) in [6.07, 6.45) is 0.406. The van der Waals surface area contributed by atoms with Crippen LogP contribution in [0.25, 0.3) is 0 Å². The minimum absolute atomic E-state index is 0.131. The Balaban J connectivity index is 1.54. The number of hydrogen-bond donors (Lipinski definition) is 1. The van der Waals surface area contributed by atoms with Crippen molar-refractivity contribution in [3.8, 4) is 0 Å². The van der Waals surface area contributed by atoms with Gasteiger partial charge in [-0.05, 0) is 23.6 Å². The number of amides is 1. The van der Waals surface area contributed by atoms with E-state index in [2.05, 4.69) is 5.32 Å². The standard InChI is InChI=1S/C27H27FN2O3/c1-33-27(32)24-16-22(18-30(24)17-21-14-8-9-15-23(21)28)29-26(31)25(19-10-4-2-5-11-19)20-12-6-3-7-13-20/h2-15,22,24-25H,16-18H2,1H3,(H,29,31)/t22-,24-/m0/s1.